The lowest BCUT2D eigenvalue weighted by Gasteiger charge is -2.41. The van der Waals surface area contributed by atoms with Gasteiger partial charge in [0.1, 0.15) is 17.3 Å². The zero-order chi connectivity index (χ0) is 25.8. The Morgan fingerprint density at radius 2 is 1.86 bits per heavy atom. The maximum absolute atomic E-state index is 14.6. The first-order valence-corrected chi connectivity index (χ1v) is 13.1. The van der Waals surface area contributed by atoms with Crippen LogP contribution in [-0.2, 0) is 21.1 Å². The molecule has 1 unspecified atom stereocenters. The molecule has 1 aromatic heterocycles. The molecule has 1 N–H and O–H groups in total. The van der Waals surface area contributed by atoms with E-state index in [0.717, 1.165) is 58.3 Å². The van der Waals surface area contributed by atoms with Crippen molar-refractivity contribution in [3.63, 3.8) is 0 Å². The minimum absolute atomic E-state index is 0.0624. The van der Waals surface area contributed by atoms with E-state index in [4.69, 9.17) is 9.72 Å². The van der Waals surface area contributed by atoms with E-state index in [1.54, 1.807) is 13.8 Å². The average molecular weight is 496 g/mol. The molecule has 9 heteroatoms. The molecule has 35 heavy (non-hydrogen) atoms. The highest BCUT2D eigenvalue weighted by Crippen LogP contribution is 2.33. The van der Waals surface area contributed by atoms with Crippen LogP contribution < -0.4 is 10.2 Å². The molecule has 1 amide bonds. The summed E-state index contributed by atoms with van der Waals surface area (Å²) in [6.45, 7) is 14.5. The fourth-order valence-electron chi connectivity index (χ4n) is 5.15. The van der Waals surface area contributed by atoms with Gasteiger partial charge in [0.25, 0.3) is 0 Å². The van der Waals surface area contributed by atoms with E-state index in [2.05, 4.69) is 27.0 Å². The lowest BCUT2D eigenvalue weighted by atomic mass is 9.84. The van der Waals surface area contributed by atoms with Gasteiger partial charge in [-0.1, -0.05) is 20.8 Å². The van der Waals surface area contributed by atoms with E-state index >= 15 is 0 Å². The summed E-state index contributed by atoms with van der Waals surface area (Å²) in [6, 6.07) is 1.87. The molecule has 2 fully saturated rings. The summed E-state index contributed by atoms with van der Waals surface area (Å²) in [6.07, 6.45) is 2.16. The molecule has 0 bridgehead atoms. The van der Waals surface area contributed by atoms with Crippen LogP contribution in [0.3, 0.4) is 0 Å². The highest BCUT2D eigenvalue weighted by molar-refractivity contribution is 5.73. The predicted octanol–water partition coefficient (Wildman–Crippen LogP) is 4.46. The minimum Gasteiger partial charge on any atom is -0.354 e. The van der Waals surface area contributed by atoms with Crippen molar-refractivity contribution in [2.24, 2.45) is 5.92 Å². The summed E-state index contributed by atoms with van der Waals surface area (Å²) in [7, 11) is 0. The van der Waals surface area contributed by atoms with Crippen LogP contribution >= 0.6 is 0 Å². The van der Waals surface area contributed by atoms with Gasteiger partial charge in [-0.3, -0.25) is 9.69 Å². The van der Waals surface area contributed by atoms with Crippen molar-refractivity contribution >= 4 is 11.7 Å². The highest BCUT2D eigenvalue weighted by atomic mass is 19.3. The Balaban J connectivity index is 1.61. The van der Waals surface area contributed by atoms with Crippen LogP contribution in [0.2, 0.25) is 0 Å². The van der Waals surface area contributed by atoms with Crippen LogP contribution in [0.1, 0.15) is 85.2 Å². The number of anilines is 1. The van der Waals surface area contributed by atoms with Gasteiger partial charge >= 0.3 is 6.11 Å². The molecule has 1 saturated carbocycles. The van der Waals surface area contributed by atoms with Gasteiger partial charge in [-0.15, -0.1) is 0 Å². The van der Waals surface area contributed by atoms with Gasteiger partial charge in [-0.05, 0) is 58.4 Å². The number of carbonyl (C=O) groups excluding carboxylic acids is 1. The van der Waals surface area contributed by atoms with E-state index in [-0.39, 0.29) is 24.2 Å². The third kappa shape index (κ3) is 7.56. The van der Waals surface area contributed by atoms with Crippen molar-refractivity contribution in [1.29, 1.82) is 0 Å². The van der Waals surface area contributed by atoms with Crippen molar-refractivity contribution in [3.8, 4) is 0 Å². The number of ether oxygens (including phenoxy) is 1. The lowest BCUT2D eigenvalue weighted by Crippen LogP contribution is -2.52. The molecule has 1 aliphatic carbocycles. The molecule has 0 spiro atoms. The van der Waals surface area contributed by atoms with Crippen molar-refractivity contribution < 1.29 is 18.3 Å². The number of carbonyl (C=O) groups is 1. The van der Waals surface area contributed by atoms with Gasteiger partial charge in [0.05, 0.1) is 6.61 Å². The normalized spacial score (nSPS) is 24.5. The number of amides is 1. The minimum atomic E-state index is -3.45. The fraction of sp³-hybridized carbons (Fsp3) is 0.808. The Bertz CT molecular complexity index is 853. The van der Waals surface area contributed by atoms with Gasteiger partial charge < -0.3 is 15.0 Å². The second-order valence-electron chi connectivity index (χ2n) is 11.2. The molecule has 1 aromatic rings. The van der Waals surface area contributed by atoms with Crippen LogP contribution in [0.5, 0.6) is 0 Å². The van der Waals surface area contributed by atoms with Crippen molar-refractivity contribution in [1.82, 2.24) is 20.2 Å². The first-order valence-electron chi connectivity index (χ1n) is 13.1. The van der Waals surface area contributed by atoms with Gasteiger partial charge in [-0.2, -0.15) is 8.78 Å². The Morgan fingerprint density at radius 1 is 1.17 bits per heavy atom. The zero-order valence-electron chi connectivity index (χ0n) is 22.2. The van der Waals surface area contributed by atoms with Crippen LogP contribution in [0.4, 0.5) is 14.6 Å². The van der Waals surface area contributed by atoms with Crippen molar-refractivity contribution in [2.45, 2.75) is 97.3 Å². The van der Waals surface area contributed by atoms with Gasteiger partial charge in [-0.25, -0.2) is 9.97 Å². The maximum atomic E-state index is 14.6. The number of halogens is 2. The largest absolute Gasteiger partial charge is 0.400 e. The lowest BCUT2D eigenvalue weighted by molar-refractivity contribution is -0.248. The van der Waals surface area contributed by atoms with Crippen LogP contribution in [-0.4, -0.2) is 65.6 Å². The Labute approximate surface area is 209 Å². The van der Waals surface area contributed by atoms with Crippen molar-refractivity contribution in [3.05, 3.63) is 17.6 Å². The molecule has 1 aliphatic heterocycles. The standard InChI is InChI=1S/C26H43F2N5O2/c1-7-35-26(27,28)22-16-23(31-24(30-22)25(4,5)6)33-15-14-32(17-18(33)2)13-12-20-8-10-21(11-9-20)29-19(3)34/h16,18,20-21H,7-15,17H2,1-6H3,(H,29,34). The molecule has 1 saturated heterocycles. The number of hydrogen-bond acceptors (Lipinski definition) is 6. The molecule has 0 aromatic carbocycles. The van der Waals surface area contributed by atoms with E-state index in [1.807, 2.05) is 20.8 Å². The first-order chi connectivity index (χ1) is 16.4. The topological polar surface area (TPSA) is 70.6 Å². The maximum Gasteiger partial charge on any atom is 0.400 e. The number of rotatable bonds is 8. The number of nitrogens with one attached hydrogen (secondary N) is 1. The second-order valence-corrected chi connectivity index (χ2v) is 11.2. The molecule has 1 atom stereocenters. The number of hydrogen-bond donors (Lipinski definition) is 1. The monoisotopic (exact) mass is 495 g/mol. The SMILES string of the molecule is CCOC(F)(F)c1cc(N2CCN(CCC3CCC(NC(C)=O)CC3)CC2C)nc(C(C)(C)C)n1. The second kappa shape index (κ2) is 11.5. The van der Waals surface area contributed by atoms with Gasteiger partial charge in [0.2, 0.25) is 5.91 Å². The molecule has 2 aliphatic rings. The van der Waals surface area contributed by atoms with Crippen LogP contribution in [0.25, 0.3) is 0 Å². The summed E-state index contributed by atoms with van der Waals surface area (Å²) in [5.74, 6) is 1.71. The highest BCUT2D eigenvalue weighted by Gasteiger charge is 2.37. The third-order valence-corrected chi connectivity index (χ3v) is 7.12. The smallest absolute Gasteiger partial charge is 0.354 e. The average Bonchev–Trinajstić information content (AvgIpc) is 2.77. The van der Waals surface area contributed by atoms with Crippen LogP contribution in [0, 0.1) is 5.92 Å². The van der Waals surface area contributed by atoms with Crippen LogP contribution in [0.15, 0.2) is 6.07 Å². The Morgan fingerprint density at radius 3 is 2.43 bits per heavy atom. The Kier molecular flexibility index (Phi) is 9.07. The molecule has 2 heterocycles. The van der Waals surface area contributed by atoms with Gasteiger partial charge in [0.15, 0.2) is 0 Å². The number of aromatic nitrogens is 2. The molecular weight excluding hydrogens is 452 g/mol. The predicted molar refractivity (Wildman–Crippen MR) is 134 cm³/mol. The fourth-order valence-corrected chi connectivity index (χ4v) is 5.15. The summed E-state index contributed by atoms with van der Waals surface area (Å²) < 4.78 is 34.0. The molecule has 198 valence electrons. The molecular formula is C26H43F2N5O2. The summed E-state index contributed by atoms with van der Waals surface area (Å²) in [4.78, 5) is 24.8. The van der Waals surface area contributed by atoms with E-state index < -0.39 is 11.5 Å². The first kappa shape index (κ1) is 27.7. The van der Waals surface area contributed by atoms with Gasteiger partial charge in [0, 0.05) is 50.1 Å². The quantitative estimate of drug-likeness (QED) is 0.574. The Hall–Kier alpha value is -1.87. The summed E-state index contributed by atoms with van der Waals surface area (Å²) in [5.41, 5.74) is -0.837. The van der Waals surface area contributed by atoms with E-state index in [1.165, 1.54) is 6.07 Å². The number of nitrogens with zero attached hydrogens (tertiary/aromatic N) is 4. The third-order valence-electron chi connectivity index (χ3n) is 7.12. The molecule has 0 radical (unpaired) electrons. The van der Waals surface area contributed by atoms with E-state index in [0.29, 0.717) is 23.6 Å². The number of alkyl halides is 2. The van der Waals surface area contributed by atoms with Crippen molar-refractivity contribution in [2.75, 3.05) is 37.7 Å². The zero-order valence-corrected chi connectivity index (χ0v) is 22.2. The molecule has 3 rings (SSSR count). The summed E-state index contributed by atoms with van der Waals surface area (Å²) in [5, 5.41) is 3.05. The van der Waals surface area contributed by atoms with E-state index in [9.17, 15) is 13.6 Å². The number of piperazine rings is 1. The molecule has 7 nitrogen and oxygen atoms in total. The summed E-state index contributed by atoms with van der Waals surface area (Å²) >= 11 is 0.